The third-order valence-corrected chi connectivity index (χ3v) is 12.5. The molecule has 4 fully saturated rings. The summed E-state index contributed by atoms with van der Waals surface area (Å²) in [6.45, 7) is 23.2. The van der Waals surface area contributed by atoms with E-state index in [9.17, 15) is 19.2 Å². The summed E-state index contributed by atoms with van der Waals surface area (Å²) in [4.78, 5) is 57.7. The van der Waals surface area contributed by atoms with Crippen molar-refractivity contribution in [3.63, 3.8) is 0 Å². The Morgan fingerprint density at radius 3 is 1.64 bits per heavy atom. The van der Waals surface area contributed by atoms with Gasteiger partial charge in [-0.3, -0.25) is 18.7 Å². The zero-order valence-electron chi connectivity index (χ0n) is 35.3. The number of hydrogen-bond acceptors (Lipinski definition) is 11. The van der Waals surface area contributed by atoms with Gasteiger partial charge in [-0.25, -0.2) is 24.9 Å². The number of hydrogen-bond donors (Lipinski definition) is 4. The van der Waals surface area contributed by atoms with Gasteiger partial charge in [-0.05, 0) is 81.9 Å². The molecule has 0 radical (unpaired) electrons. The number of benzene rings is 2. The highest BCUT2D eigenvalue weighted by Gasteiger charge is 2.36. The van der Waals surface area contributed by atoms with Crippen molar-refractivity contribution >= 4 is 33.2 Å². The van der Waals surface area contributed by atoms with Crippen LogP contribution in [0.4, 0.5) is 20.2 Å². The zero-order valence-corrected chi connectivity index (χ0v) is 35.3. The van der Waals surface area contributed by atoms with Crippen LogP contribution in [0.1, 0.15) is 69.2 Å². The lowest BCUT2D eigenvalue weighted by atomic mass is 9.98. The van der Waals surface area contributed by atoms with Crippen LogP contribution in [0.5, 0.6) is 0 Å². The zero-order chi connectivity index (χ0) is 44.4. The van der Waals surface area contributed by atoms with Crippen LogP contribution >= 0.6 is 0 Å². The molecule has 326 valence electrons. The molecule has 4 aromatic rings. The number of halogens is 2. The molecule has 0 amide bonds. The largest absolute Gasteiger partial charge is 0.368 e. The number of nitriles is 1. The SMILES string of the molecule is C=CCC#N.Cc1c(N2C[C@@H](CN)[C@H](C)C2)c(F)cc2c(=O)n(N)c(=O)n(C3CC3)c12.[C-]#[N+]CCNC[C@@H]1CN(c2c(F)cc3c(=O)n(N)c(=O)n(C4CC4)c3c2C)C[C@H]1C. The quantitative estimate of drug-likeness (QED) is 0.0789. The van der Waals surface area contributed by atoms with Crippen LogP contribution in [0.25, 0.3) is 26.7 Å². The van der Waals surface area contributed by atoms with E-state index in [0.29, 0.717) is 119 Å². The Bertz CT molecular complexity index is 2670. The third-order valence-electron chi connectivity index (χ3n) is 12.5. The van der Waals surface area contributed by atoms with Gasteiger partial charge in [0.05, 0.1) is 52.2 Å². The minimum absolute atomic E-state index is 0.00399. The molecule has 2 aliphatic heterocycles. The topological polar surface area (TPSA) is 213 Å². The van der Waals surface area contributed by atoms with Gasteiger partial charge < -0.3 is 37.4 Å². The predicted octanol–water partition coefficient (Wildman–Crippen LogP) is 3.02. The number of nitrogens with one attached hydrogen (secondary N) is 1. The molecule has 7 N–H and O–H groups in total. The molecule has 4 aliphatic rings. The standard InChI is InChI=1S/C21H27FN6O2.C18H24FN5O2.C4H5N/c1-12-10-26(11-14(12)9-25-7-6-24-3)19-13(2)18-16(8-17(19)22)20(29)28(23)21(30)27(18)15-4-5-15;1-9-7-22(8-11(9)6-20)16-10(2)15-13(5-14(16)19)17(25)24(21)18(26)23(15)12-3-4-12;1-2-3-4-5/h8,12,14-15,25H,4-7,9-11,23H2,1-2H3;5,9,11-12H,3-4,6-8,20-21H2,1-2H3;2H,1,3H2/t12-,14-;9-,11-;/m11./s1. The number of rotatable bonds is 10. The van der Waals surface area contributed by atoms with Crippen LogP contribution < -0.4 is 55.0 Å². The fraction of sp³-hybridized carbons (Fsp3) is 0.535. The van der Waals surface area contributed by atoms with Gasteiger partial charge in [-0.15, -0.1) is 6.58 Å². The van der Waals surface area contributed by atoms with E-state index < -0.39 is 34.1 Å². The van der Waals surface area contributed by atoms with E-state index in [2.05, 4.69) is 30.6 Å². The number of aryl methyl sites for hydroxylation is 2. The van der Waals surface area contributed by atoms with E-state index in [4.69, 9.17) is 29.3 Å². The summed E-state index contributed by atoms with van der Waals surface area (Å²) in [5, 5.41) is 11.3. The smallest absolute Gasteiger partial charge is 0.350 e. The Morgan fingerprint density at radius 1 is 0.836 bits per heavy atom. The molecule has 4 atom stereocenters. The number of nitrogens with zero attached hydrogens (tertiary/aromatic N) is 8. The van der Waals surface area contributed by atoms with Crippen molar-refractivity contribution in [2.75, 3.05) is 73.8 Å². The summed E-state index contributed by atoms with van der Waals surface area (Å²) >= 11 is 0. The van der Waals surface area contributed by atoms with E-state index in [1.165, 1.54) is 12.1 Å². The molecular formula is C43H56F2N12O4. The molecular weight excluding hydrogens is 787 g/mol. The summed E-state index contributed by atoms with van der Waals surface area (Å²) in [5.74, 6) is 11.8. The van der Waals surface area contributed by atoms with Gasteiger partial charge in [0.1, 0.15) is 11.6 Å². The van der Waals surface area contributed by atoms with Crippen molar-refractivity contribution in [3.05, 3.63) is 101 Å². The van der Waals surface area contributed by atoms with Gasteiger partial charge in [0.25, 0.3) is 11.1 Å². The fourth-order valence-corrected chi connectivity index (χ4v) is 8.93. The van der Waals surface area contributed by atoms with Gasteiger partial charge in [-0.1, -0.05) is 19.9 Å². The molecule has 2 aliphatic carbocycles. The Labute approximate surface area is 352 Å². The highest BCUT2D eigenvalue weighted by Crippen LogP contribution is 2.41. The first-order chi connectivity index (χ1) is 29.1. The normalized spacial score (nSPS) is 20.8. The number of allylic oxidation sites excluding steroid dienone is 1. The molecule has 2 saturated heterocycles. The number of nitrogen functional groups attached to an aromatic ring is 2. The summed E-state index contributed by atoms with van der Waals surface area (Å²) in [7, 11) is 0. The van der Waals surface area contributed by atoms with Crippen molar-refractivity contribution < 1.29 is 8.78 Å². The van der Waals surface area contributed by atoms with E-state index >= 15 is 8.78 Å². The van der Waals surface area contributed by atoms with Gasteiger partial charge >= 0.3 is 11.4 Å². The lowest BCUT2D eigenvalue weighted by Gasteiger charge is -2.24. The molecule has 4 heterocycles. The number of fused-ring (bicyclic) bond motifs is 2. The van der Waals surface area contributed by atoms with Crippen LogP contribution in [-0.4, -0.2) is 70.8 Å². The minimum atomic E-state index is -0.669. The van der Waals surface area contributed by atoms with Crippen LogP contribution in [0, 0.1) is 67.1 Å². The molecule has 2 aromatic carbocycles. The Kier molecular flexibility index (Phi) is 13.4. The van der Waals surface area contributed by atoms with Crippen molar-refractivity contribution in [1.29, 1.82) is 5.26 Å². The Hall–Kier alpha value is -5.98. The first-order valence-corrected chi connectivity index (χ1v) is 20.8. The fourth-order valence-electron chi connectivity index (χ4n) is 8.93. The summed E-state index contributed by atoms with van der Waals surface area (Å²) in [6.07, 6.45) is 5.43. The lowest BCUT2D eigenvalue weighted by molar-refractivity contribution is 0.425. The van der Waals surface area contributed by atoms with Gasteiger partial charge in [0.2, 0.25) is 6.54 Å². The summed E-state index contributed by atoms with van der Waals surface area (Å²) < 4.78 is 34.5. The molecule has 16 nitrogen and oxygen atoms in total. The van der Waals surface area contributed by atoms with Gasteiger partial charge in [0, 0.05) is 55.9 Å². The Balaban J connectivity index is 0.000000185. The minimum Gasteiger partial charge on any atom is -0.368 e. The predicted molar refractivity (Wildman–Crippen MR) is 235 cm³/mol. The van der Waals surface area contributed by atoms with E-state index in [1.807, 2.05) is 15.9 Å². The van der Waals surface area contributed by atoms with E-state index in [-0.39, 0.29) is 22.9 Å². The molecule has 0 spiro atoms. The molecule has 18 heteroatoms. The lowest BCUT2D eigenvalue weighted by Crippen LogP contribution is -2.44. The average molecular weight is 843 g/mol. The number of aromatic nitrogens is 4. The van der Waals surface area contributed by atoms with Crippen LogP contribution in [0.15, 0.2) is 44.0 Å². The molecule has 0 unspecified atom stereocenters. The first-order valence-electron chi connectivity index (χ1n) is 20.8. The second kappa shape index (κ2) is 18.3. The maximum Gasteiger partial charge on any atom is 0.350 e. The maximum atomic E-state index is 15.2. The number of nitrogens with two attached hydrogens (primary N) is 3. The third kappa shape index (κ3) is 8.65. The average Bonchev–Trinajstić information content (AvgIpc) is 4.17. The van der Waals surface area contributed by atoms with Gasteiger partial charge in [0.15, 0.2) is 0 Å². The summed E-state index contributed by atoms with van der Waals surface area (Å²) in [6, 6.07) is 4.38. The molecule has 2 aromatic heterocycles. The highest BCUT2D eigenvalue weighted by molar-refractivity contribution is 5.88. The van der Waals surface area contributed by atoms with Crippen LogP contribution in [-0.2, 0) is 0 Å². The Morgan fingerprint density at radius 2 is 1.28 bits per heavy atom. The van der Waals surface area contributed by atoms with Crippen molar-refractivity contribution in [3.8, 4) is 6.07 Å². The van der Waals surface area contributed by atoms with Crippen LogP contribution in [0.2, 0.25) is 0 Å². The van der Waals surface area contributed by atoms with Crippen molar-refractivity contribution in [1.82, 2.24) is 23.8 Å². The van der Waals surface area contributed by atoms with Crippen molar-refractivity contribution in [2.45, 2.75) is 71.9 Å². The van der Waals surface area contributed by atoms with Gasteiger partial charge in [-0.2, -0.15) is 14.6 Å². The summed E-state index contributed by atoms with van der Waals surface area (Å²) in [5.41, 5.74) is 6.56. The highest BCUT2D eigenvalue weighted by atomic mass is 19.1. The van der Waals surface area contributed by atoms with Crippen LogP contribution in [0.3, 0.4) is 0 Å². The molecule has 8 rings (SSSR count). The van der Waals surface area contributed by atoms with E-state index in [1.54, 1.807) is 29.1 Å². The number of anilines is 2. The molecule has 61 heavy (non-hydrogen) atoms. The monoisotopic (exact) mass is 842 g/mol. The second-order valence-electron chi connectivity index (χ2n) is 16.8. The first kappa shape index (κ1) is 44.6. The maximum absolute atomic E-state index is 15.2. The molecule has 2 saturated carbocycles. The van der Waals surface area contributed by atoms with E-state index in [0.717, 1.165) is 32.2 Å². The second-order valence-corrected chi connectivity index (χ2v) is 16.8. The molecule has 0 bridgehead atoms. The van der Waals surface area contributed by atoms with Crippen molar-refractivity contribution in [2.24, 2.45) is 29.4 Å².